The van der Waals surface area contributed by atoms with Gasteiger partial charge in [-0.1, -0.05) is 0 Å². The fourth-order valence-corrected chi connectivity index (χ4v) is 2.53. The van der Waals surface area contributed by atoms with Crippen LogP contribution in [0.4, 0.5) is 0 Å². The van der Waals surface area contributed by atoms with Gasteiger partial charge in [0.2, 0.25) is 0 Å². The number of aromatic carboxylic acids is 1. The number of carboxylic acid groups (broad SMARTS) is 1. The largest absolute Gasteiger partial charge is 0.477 e. The molecule has 2 aromatic heterocycles. The van der Waals surface area contributed by atoms with Crippen molar-refractivity contribution in [1.82, 2.24) is 14.7 Å². The van der Waals surface area contributed by atoms with E-state index in [0.717, 1.165) is 6.42 Å². The van der Waals surface area contributed by atoms with E-state index < -0.39 is 5.97 Å². The van der Waals surface area contributed by atoms with Crippen LogP contribution < -0.4 is 5.32 Å². The van der Waals surface area contributed by atoms with Crippen LogP contribution in [0.2, 0.25) is 0 Å². The molecular weight excluding hydrogens is 274 g/mol. The average Bonchev–Trinajstić information content (AvgIpc) is 3.04. The van der Waals surface area contributed by atoms with Gasteiger partial charge in [0.15, 0.2) is 5.69 Å². The van der Waals surface area contributed by atoms with E-state index in [4.69, 9.17) is 9.84 Å². The highest BCUT2D eigenvalue weighted by atomic mass is 16.5. The molecule has 0 aromatic carbocycles. The minimum Gasteiger partial charge on any atom is -0.477 e. The van der Waals surface area contributed by atoms with Crippen molar-refractivity contribution in [3.63, 3.8) is 0 Å². The summed E-state index contributed by atoms with van der Waals surface area (Å²) >= 11 is 0. The number of nitrogens with one attached hydrogen (secondary N) is 1. The topological polar surface area (TPSA) is 92.9 Å². The number of carboxylic acids is 1. The van der Waals surface area contributed by atoms with Gasteiger partial charge in [-0.25, -0.2) is 9.78 Å². The summed E-state index contributed by atoms with van der Waals surface area (Å²) in [4.78, 5) is 27.5. The second kappa shape index (κ2) is 5.17. The Morgan fingerprint density at radius 1 is 1.52 bits per heavy atom. The average molecular weight is 289 g/mol. The minimum atomic E-state index is -1.09. The number of pyridine rings is 1. The second-order valence-corrected chi connectivity index (χ2v) is 5.11. The summed E-state index contributed by atoms with van der Waals surface area (Å²) in [7, 11) is 0. The van der Waals surface area contributed by atoms with Crippen LogP contribution in [0.5, 0.6) is 0 Å². The SMILES string of the molecule is CC1C[C@H](NC(=O)c2cccn3c(C(=O)O)cnc23)CO1. The Hall–Kier alpha value is -2.41. The van der Waals surface area contributed by atoms with Gasteiger partial charge in [0.25, 0.3) is 5.91 Å². The summed E-state index contributed by atoms with van der Waals surface area (Å²) < 4.78 is 6.81. The Bertz CT molecular complexity index is 709. The Labute approximate surface area is 120 Å². The summed E-state index contributed by atoms with van der Waals surface area (Å²) in [6.07, 6.45) is 3.72. The first-order valence-corrected chi connectivity index (χ1v) is 6.68. The lowest BCUT2D eigenvalue weighted by molar-refractivity contribution is 0.0689. The second-order valence-electron chi connectivity index (χ2n) is 5.11. The Morgan fingerprint density at radius 3 is 3.00 bits per heavy atom. The van der Waals surface area contributed by atoms with Gasteiger partial charge in [0, 0.05) is 6.20 Å². The lowest BCUT2D eigenvalue weighted by Crippen LogP contribution is -2.35. The fraction of sp³-hybridized carbons (Fsp3) is 0.357. The van der Waals surface area contributed by atoms with Crippen molar-refractivity contribution in [3.8, 4) is 0 Å². The number of amides is 1. The van der Waals surface area contributed by atoms with Gasteiger partial charge in [0.05, 0.1) is 30.5 Å². The van der Waals surface area contributed by atoms with E-state index in [-0.39, 0.29) is 23.7 Å². The number of rotatable bonds is 3. The Morgan fingerprint density at radius 2 is 2.33 bits per heavy atom. The summed E-state index contributed by atoms with van der Waals surface area (Å²) in [6.45, 7) is 2.45. The van der Waals surface area contributed by atoms with Crippen molar-refractivity contribution >= 4 is 17.5 Å². The first kappa shape index (κ1) is 13.6. The quantitative estimate of drug-likeness (QED) is 0.877. The molecule has 0 bridgehead atoms. The van der Waals surface area contributed by atoms with Crippen LogP contribution >= 0.6 is 0 Å². The van der Waals surface area contributed by atoms with E-state index in [1.165, 1.54) is 10.6 Å². The number of carbonyl (C=O) groups is 2. The van der Waals surface area contributed by atoms with Gasteiger partial charge >= 0.3 is 5.97 Å². The molecule has 1 aliphatic heterocycles. The maximum absolute atomic E-state index is 12.3. The smallest absolute Gasteiger partial charge is 0.354 e. The number of aromatic nitrogens is 2. The molecule has 3 heterocycles. The van der Waals surface area contributed by atoms with E-state index >= 15 is 0 Å². The molecule has 0 saturated carbocycles. The van der Waals surface area contributed by atoms with Crippen molar-refractivity contribution in [3.05, 3.63) is 35.8 Å². The molecule has 2 aromatic rings. The summed E-state index contributed by atoms with van der Waals surface area (Å²) in [6, 6.07) is 3.23. The third kappa shape index (κ3) is 2.47. The molecule has 110 valence electrons. The molecule has 1 fully saturated rings. The number of hydrogen-bond donors (Lipinski definition) is 2. The van der Waals surface area contributed by atoms with E-state index in [1.807, 2.05) is 6.92 Å². The fourth-order valence-electron chi connectivity index (χ4n) is 2.53. The monoisotopic (exact) mass is 289 g/mol. The van der Waals surface area contributed by atoms with E-state index in [2.05, 4.69) is 10.3 Å². The molecule has 1 amide bonds. The number of nitrogens with zero attached hydrogens (tertiary/aromatic N) is 2. The standard InChI is InChI=1S/C14H15N3O4/c1-8-5-9(7-21-8)16-13(18)10-3-2-4-17-11(14(19)20)6-15-12(10)17/h2-4,6,8-9H,5,7H2,1H3,(H,16,18)(H,19,20)/t8?,9-/m0/s1. The maximum Gasteiger partial charge on any atom is 0.354 e. The zero-order valence-electron chi connectivity index (χ0n) is 11.4. The number of imidazole rings is 1. The maximum atomic E-state index is 12.3. The molecule has 0 aliphatic carbocycles. The lowest BCUT2D eigenvalue weighted by Gasteiger charge is -2.11. The molecule has 1 unspecified atom stereocenters. The number of fused-ring (bicyclic) bond motifs is 1. The van der Waals surface area contributed by atoms with Crippen LogP contribution in [0.15, 0.2) is 24.5 Å². The van der Waals surface area contributed by atoms with Crippen molar-refractivity contribution < 1.29 is 19.4 Å². The van der Waals surface area contributed by atoms with Crippen molar-refractivity contribution in [2.24, 2.45) is 0 Å². The molecule has 0 radical (unpaired) electrons. The molecule has 7 nitrogen and oxygen atoms in total. The summed E-state index contributed by atoms with van der Waals surface area (Å²) in [5.74, 6) is -1.36. The third-order valence-electron chi connectivity index (χ3n) is 3.53. The van der Waals surface area contributed by atoms with Gasteiger partial charge in [0.1, 0.15) is 5.65 Å². The van der Waals surface area contributed by atoms with Gasteiger partial charge in [-0.2, -0.15) is 0 Å². The summed E-state index contributed by atoms with van der Waals surface area (Å²) in [5, 5.41) is 12.0. The first-order valence-electron chi connectivity index (χ1n) is 6.68. The molecule has 0 spiro atoms. The lowest BCUT2D eigenvalue weighted by atomic mass is 10.1. The number of hydrogen-bond acceptors (Lipinski definition) is 4. The zero-order valence-corrected chi connectivity index (χ0v) is 11.4. The highest BCUT2D eigenvalue weighted by Gasteiger charge is 2.25. The van der Waals surface area contributed by atoms with Crippen LogP contribution in [0, 0.1) is 0 Å². The highest BCUT2D eigenvalue weighted by molar-refractivity contribution is 6.00. The van der Waals surface area contributed by atoms with Crippen LogP contribution in [-0.2, 0) is 4.74 Å². The van der Waals surface area contributed by atoms with Gasteiger partial charge in [-0.3, -0.25) is 9.20 Å². The number of carbonyl (C=O) groups excluding carboxylic acids is 1. The molecule has 2 N–H and O–H groups in total. The molecule has 3 rings (SSSR count). The molecule has 7 heteroatoms. The Balaban J connectivity index is 1.89. The van der Waals surface area contributed by atoms with Crippen molar-refractivity contribution in [2.75, 3.05) is 6.61 Å². The van der Waals surface area contributed by atoms with Gasteiger partial charge in [-0.05, 0) is 25.5 Å². The third-order valence-corrected chi connectivity index (χ3v) is 3.53. The predicted octanol–water partition coefficient (Wildman–Crippen LogP) is 0.940. The van der Waals surface area contributed by atoms with E-state index in [1.54, 1.807) is 18.3 Å². The highest BCUT2D eigenvalue weighted by Crippen LogP contribution is 2.15. The first-order chi connectivity index (χ1) is 10.1. The molecular formula is C14H15N3O4. The normalized spacial score (nSPS) is 21.6. The Kier molecular flexibility index (Phi) is 3.34. The van der Waals surface area contributed by atoms with E-state index in [9.17, 15) is 9.59 Å². The summed E-state index contributed by atoms with van der Waals surface area (Å²) in [5.41, 5.74) is 0.710. The van der Waals surface area contributed by atoms with Gasteiger partial charge < -0.3 is 15.2 Å². The molecule has 1 aliphatic rings. The van der Waals surface area contributed by atoms with Crippen molar-refractivity contribution in [1.29, 1.82) is 0 Å². The van der Waals surface area contributed by atoms with Gasteiger partial charge in [-0.15, -0.1) is 0 Å². The number of ether oxygens (including phenoxy) is 1. The minimum absolute atomic E-state index is 0.0254. The molecule has 2 atom stereocenters. The van der Waals surface area contributed by atoms with Crippen LogP contribution in [-0.4, -0.2) is 45.1 Å². The van der Waals surface area contributed by atoms with Crippen LogP contribution in [0.1, 0.15) is 34.2 Å². The predicted molar refractivity (Wildman–Crippen MR) is 73.4 cm³/mol. The van der Waals surface area contributed by atoms with Crippen LogP contribution in [0.25, 0.3) is 5.65 Å². The van der Waals surface area contributed by atoms with Crippen LogP contribution in [0.3, 0.4) is 0 Å². The van der Waals surface area contributed by atoms with Crippen molar-refractivity contribution in [2.45, 2.75) is 25.5 Å². The van der Waals surface area contributed by atoms with E-state index in [0.29, 0.717) is 17.8 Å². The zero-order chi connectivity index (χ0) is 15.0. The molecule has 1 saturated heterocycles. The molecule has 21 heavy (non-hydrogen) atoms.